The van der Waals surface area contributed by atoms with Gasteiger partial charge < -0.3 is 4.90 Å². The van der Waals surface area contributed by atoms with Crippen LogP contribution in [-0.2, 0) is 4.79 Å². The number of hydrogen-bond donors (Lipinski definition) is 0. The molecule has 1 heterocycles. The molecule has 0 spiro atoms. The number of nitrogens with zero attached hydrogens (tertiary/aromatic N) is 3. The molecule has 0 saturated carbocycles. The highest BCUT2D eigenvalue weighted by Crippen LogP contribution is 2.30. The minimum Gasteiger partial charge on any atom is -0.348 e. The number of hydrogen-bond acceptors (Lipinski definition) is 4. The molecule has 0 radical (unpaired) electrons. The Kier molecular flexibility index (Phi) is 4.57. The van der Waals surface area contributed by atoms with Gasteiger partial charge in [-0.1, -0.05) is 54.2 Å². The monoisotopic (exact) mass is 323 g/mol. The lowest BCUT2D eigenvalue weighted by Gasteiger charge is -2.12. The smallest absolute Gasteiger partial charge is 0.232 e. The van der Waals surface area contributed by atoms with E-state index in [1.807, 2.05) is 54.6 Å². The number of aromatic nitrogens is 2. The third-order valence-corrected chi connectivity index (χ3v) is 4.37. The number of rotatable bonds is 4. The summed E-state index contributed by atoms with van der Waals surface area (Å²) in [6, 6.07) is 17.7. The van der Waals surface area contributed by atoms with Gasteiger partial charge in [0.15, 0.2) is 0 Å². The molecule has 3 rings (SSSR count). The summed E-state index contributed by atoms with van der Waals surface area (Å²) in [5.74, 6) is 0.406. The predicted octanol–water partition coefficient (Wildman–Crippen LogP) is 3.48. The Balaban J connectivity index is 2.04. The molecule has 5 heteroatoms. The fourth-order valence-electron chi connectivity index (χ4n) is 2.13. The van der Waals surface area contributed by atoms with Gasteiger partial charge in [-0.05, 0) is 12.1 Å². The highest BCUT2D eigenvalue weighted by atomic mass is 32.2. The summed E-state index contributed by atoms with van der Waals surface area (Å²) < 4.78 is 0. The molecule has 3 aromatic rings. The Morgan fingerprint density at radius 2 is 1.57 bits per heavy atom. The average molecular weight is 323 g/mol. The van der Waals surface area contributed by atoms with Gasteiger partial charge in [0.05, 0.1) is 16.8 Å². The Morgan fingerprint density at radius 1 is 0.957 bits per heavy atom. The Labute approximate surface area is 139 Å². The van der Waals surface area contributed by atoms with Gasteiger partial charge in [0.1, 0.15) is 10.7 Å². The highest BCUT2D eigenvalue weighted by Gasteiger charge is 2.14. The van der Waals surface area contributed by atoms with Gasteiger partial charge >= 0.3 is 0 Å². The van der Waals surface area contributed by atoms with Gasteiger partial charge in [0.2, 0.25) is 5.91 Å². The quantitative estimate of drug-likeness (QED) is 0.690. The van der Waals surface area contributed by atoms with Crippen LogP contribution in [0.3, 0.4) is 0 Å². The fourth-order valence-corrected chi connectivity index (χ4v) is 3.11. The second-order valence-corrected chi connectivity index (χ2v) is 6.27. The third-order valence-electron chi connectivity index (χ3n) is 3.42. The summed E-state index contributed by atoms with van der Waals surface area (Å²) in [5.41, 5.74) is 3.52. The number of carbonyl (C=O) groups excluding carboxylic acids is 1. The lowest BCUT2D eigenvalue weighted by molar-refractivity contribution is -0.125. The van der Waals surface area contributed by atoms with Gasteiger partial charge in [0, 0.05) is 19.7 Å². The first kappa shape index (κ1) is 15.5. The molecule has 4 nitrogen and oxygen atoms in total. The van der Waals surface area contributed by atoms with Crippen molar-refractivity contribution in [3.8, 4) is 11.3 Å². The number of fused-ring (bicyclic) bond motifs is 1. The van der Waals surface area contributed by atoms with E-state index in [0.717, 1.165) is 27.3 Å². The molecule has 0 aliphatic rings. The number of para-hydroxylation sites is 2. The number of thioether (sulfide) groups is 1. The van der Waals surface area contributed by atoms with Crippen molar-refractivity contribution in [3.63, 3.8) is 0 Å². The van der Waals surface area contributed by atoms with Crippen LogP contribution in [0.1, 0.15) is 0 Å². The predicted molar refractivity (Wildman–Crippen MR) is 94.4 cm³/mol. The van der Waals surface area contributed by atoms with Gasteiger partial charge in [-0.3, -0.25) is 4.79 Å². The first-order valence-corrected chi connectivity index (χ1v) is 8.29. The van der Waals surface area contributed by atoms with Gasteiger partial charge in [-0.2, -0.15) is 0 Å². The fraction of sp³-hybridized carbons (Fsp3) is 0.167. The van der Waals surface area contributed by atoms with Gasteiger partial charge in [-0.25, -0.2) is 9.97 Å². The summed E-state index contributed by atoms with van der Waals surface area (Å²) >= 11 is 1.43. The van der Waals surface area contributed by atoms with Crippen LogP contribution in [0.5, 0.6) is 0 Å². The third kappa shape index (κ3) is 3.51. The lowest BCUT2D eigenvalue weighted by atomic mass is 10.1. The van der Waals surface area contributed by atoms with Gasteiger partial charge in [-0.15, -0.1) is 0 Å². The maximum absolute atomic E-state index is 11.9. The zero-order valence-corrected chi connectivity index (χ0v) is 13.9. The molecule has 116 valence electrons. The maximum atomic E-state index is 11.9. The van der Waals surface area contributed by atoms with Crippen LogP contribution in [0.2, 0.25) is 0 Å². The van der Waals surface area contributed by atoms with Crippen LogP contribution in [-0.4, -0.2) is 40.6 Å². The van der Waals surface area contributed by atoms with Crippen LogP contribution in [0, 0.1) is 0 Å². The first-order chi connectivity index (χ1) is 11.1. The molecule has 0 unspecified atom stereocenters. The Bertz CT molecular complexity index is 834. The maximum Gasteiger partial charge on any atom is 0.232 e. The molecule has 1 aromatic heterocycles. The van der Waals surface area contributed by atoms with Crippen LogP contribution >= 0.6 is 11.8 Å². The summed E-state index contributed by atoms with van der Waals surface area (Å²) in [6.07, 6.45) is 0. The van der Waals surface area contributed by atoms with E-state index in [2.05, 4.69) is 0 Å². The summed E-state index contributed by atoms with van der Waals surface area (Å²) in [4.78, 5) is 22.9. The molecule has 0 fully saturated rings. The minimum atomic E-state index is 0.0592. The van der Waals surface area contributed by atoms with Crippen molar-refractivity contribution in [3.05, 3.63) is 54.6 Å². The van der Waals surface area contributed by atoms with E-state index in [9.17, 15) is 4.79 Å². The van der Waals surface area contributed by atoms with E-state index < -0.39 is 0 Å². The molecule has 0 aliphatic heterocycles. The van der Waals surface area contributed by atoms with E-state index >= 15 is 0 Å². The van der Waals surface area contributed by atoms with Crippen LogP contribution in [0.4, 0.5) is 0 Å². The number of benzene rings is 2. The van der Waals surface area contributed by atoms with Gasteiger partial charge in [0.25, 0.3) is 0 Å². The lowest BCUT2D eigenvalue weighted by Crippen LogP contribution is -2.23. The largest absolute Gasteiger partial charge is 0.348 e. The molecular weight excluding hydrogens is 306 g/mol. The summed E-state index contributed by atoms with van der Waals surface area (Å²) in [5, 5.41) is 0.783. The van der Waals surface area contributed by atoms with Crippen LogP contribution < -0.4 is 0 Å². The summed E-state index contributed by atoms with van der Waals surface area (Å²) in [7, 11) is 3.51. The van der Waals surface area contributed by atoms with E-state index in [1.54, 1.807) is 19.0 Å². The number of carbonyl (C=O) groups is 1. The topological polar surface area (TPSA) is 46.1 Å². The molecule has 0 atom stereocenters. The zero-order valence-electron chi connectivity index (χ0n) is 13.1. The Morgan fingerprint density at radius 3 is 2.22 bits per heavy atom. The van der Waals surface area contributed by atoms with Crippen LogP contribution in [0.25, 0.3) is 22.3 Å². The van der Waals surface area contributed by atoms with E-state index in [1.165, 1.54) is 11.8 Å². The molecule has 0 aliphatic carbocycles. The van der Waals surface area contributed by atoms with E-state index in [4.69, 9.17) is 9.97 Å². The minimum absolute atomic E-state index is 0.0592. The standard InChI is InChI=1S/C18H17N3OS/c1-21(2)16(22)12-23-18-17(13-8-4-3-5-9-13)19-14-10-6-7-11-15(14)20-18/h3-11H,12H2,1-2H3. The molecule has 0 N–H and O–H groups in total. The first-order valence-electron chi connectivity index (χ1n) is 7.30. The van der Waals surface area contributed by atoms with Crippen molar-refractivity contribution in [1.82, 2.24) is 14.9 Å². The normalized spacial score (nSPS) is 10.7. The molecule has 0 saturated heterocycles. The SMILES string of the molecule is CN(C)C(=O)CSc1nc2ccccc2nc1-c1ccccc1. The van der Waals surface area contributed by atoms with E-state index in [0.29, 0.717) is 5.75 Å². The molecule has 0 bridgehead atoms. The number of amides is 1. The molecule has 23 heavy (non-hydrogen) atoms. The van der Waals surface area contributed by atoms with Crippen molar-refractivity contribution >= 4 is 28.7 Å². The Hall–Kier alpha value is -2.40. The average Bonchev–Trinajstić information content (AvgIpc) is 2.59. The summed E-state index contributed by atoms with van der Waals surface area (Å²) in [6.45, 7) is 0. The van der Waals surface area contributed by atoms with Crippen molar-refractivity contribution in [2.24, 2.45) is 0 Å². The molecule has 2 aromatic carbocycles. The second-order valence-electron chi connectivity index (χ2n) is 5.31. The molecule has 1 amide bonds. The van der Waals surface area contributed by atoms with Crippen LogP contribution in [0.15, 0.2) is 59.6 Å². The van der Waals surface area contributed by atoms with Crippen molar-refractivity contribution < 1.29 is 4.79 Å². The van der Waals surface area contributed by atoms with Crippen molar-refractivity contribution in [1.29, 1.82) is 0 Å². The van der Waals surface area contributed by atoms with Crippen molar-refractivity contribution in [2.75, 3.05) is 19.8 Å². The van der Waals surface area contributed by atoms with E-state index in [-0.39, 0.29) is 5.91 Å². The highest BCUT2D eigenvalue weighted by molar-refractivity contribution is 8.00. The zero-order chi connectivity index (χ0) is 16.2. The second kappa shape index (κ2) is 6.79. The van der Waals surface area contributed by atoms with Crippen molar-refractivity contribution in [2.45, 2.75) is 5.03 Å². The molecular formula is C18H17N3OS.